The Morgan fingerprint density at radius 1 is 1.11 bits per heavy atom. The lowest BCUT2D eigenvalue weighted by Crippen LogP contribution is -2.24. The highest BCUT2D eigenvalue weighted by atomic mass is 16.5. The lowest BCUT2D eigenvalue weighted by atomic mass is 10.1. The average Bonchev–Trinajstić information content (AvgIpc) is 3.16. The second-order valence-electron chi connectivity index (χ2n) is 6.77. The smallest absolute Gasteiger partial charge is 0.276 e. The van der Waals surface area contributed by atoms with Gasteiger partial charge in [-0.2, -0.15) is 5.10 Å². The molecule has 0 aliphatic carbocycles. The molecule has 0 radical (unpaired) electrons. The number of aliphatic hydroxyl groups is 1. The van der Waals surface area contributed by atoms with E-state index in [0.717, 1.165) is 11.3 Å². The Kier molecular flexibility index (Phi) is 4.71. The van der Waals surface area contributed by atoms with Crippen molar-refractivity contribution in [2.75, 3.05) is 7.11 Å². The SMILES string of the molecule is COc1cccc(C(O)Cn2ccn3nc(-c4ccc(C)cc4)cc3c2=O)c1. The van der Waals surface area contributed by atoms with Crippen LogP contribution in [-0.4, -0.2) is 26.4 Å². The zero-order chi connectivity index (χ0) is 19.7. The van der Waals surface area contributed by atoms with Crippen LogP contribution in [0.5, 0.6) is 5.75 Å². The van der Waals surface area contributed by atoms with E-state index < -0.39 is 6.10 Å². The Morgan fingerprint density at radius 2 is 1.89 bits per heavy atom. The van der Waals surface area contributed by atoms with Crippen molar-refractivity contribution in [3.63, 3.8) is 0 Å². The first-order valence-corrected chi connectivity index (χ1v) is 9.03. The fourth-order valence-electron chi connectivity index (χ4n) is 3.18. The van der Waals surface area contributed by atoms with Gasteiger partial charge < -0.3 is 14.4 Å². The maximum Gasteiger partial charge on any atom is 0.276 e. The van der Waals surface area contributed by atoms with Gasteiger partial charge in [-0.15, -0.1) is 0 Å². The Hall–Kier alpha value is -3.38. The van der Waals surface area contributed by atoms with Crippen molar-refractivity contribution in [2.45, 2.75) is 19.6 Å². The van der Waals surface area contributed by atoms with Crippen molar-refractivity contribution in [1.82, 2.24) is 14.2 Å². The summed E-state index contributed by atoms with van der Waals surface area (Å²) in [6, 6.07) is 17.0. The molecule has 2 heterocycles. The first-order chi connectivity index (χ1) is 13.5. The summed E-state index contributed by atoms with van der Waals surface area (Å²) < 4.78 is 8.27. The molecular weight excluding hydrogens is 354 g/mol. The van der Waals surface area contributed by atoms with Gasteiger partial charge in [-0.1, -0.05) is 42.0 Å². The fourth-order valence-corrected chi connectivity index (χ4v) is 3.18. The number of ether oxygens (including phenoxy) is 1. The van der Waals surface area contributed by atoms with Crippen LogP contribution in [0.4, 0.5) is 0 Å². The van der Waals surface area contributed by atoms with Gasteiger partial charge in [0.15, 0.2) is 0 Å². The van der Waals surface area contributed by atoms with Crippen molar-refractivity contribution < 1.29 is 9.84 Å². The molecule has 28 heavy (non-hydrogen) atoms. The summed E-state index contributed by atoms with van der Waals surface area (Å²) in [4.78, 5) is 12.9. The molecule has 0 bridgehead atoms. The standard InChI is InChI=1S/C22H21N3O3/c1-15-6-8-16(9-7-15)19-13-20-22(27)24(10-11-25(20)23-19)14-21(26)17-4-3-5-18(12-17)28-2/h3-13,21,26H,14H2,1-2H3. The monoisotopic (exact) mass is 375 g/mol. The van der Waals surface area contributed by atoms with Gasteiger partial charge >= 0.3 is 0 Å². The molecule has 6 nitrogen and oxygen atoms in total. The van der Waals surface area contributed by atoms with Crippen LogP contribution in [0, 0.1) is 6.92 Å². The molecule has 4 rings (SSSR count). The normalized spacial score (nSPS) is 12.2. The minimum atomic E-state index is -0.824. The molecule has 4 aromatic rings. The first-order valence-electron chi connectivity index (χ1n) is 9.03. The molecule has 0 aliphatic rings. The molecule has 6 heteroatoms. The average molecular weight is 375 g/mol. The number of aryl methyl sites for hydroxylation is 1. The van der Waals surface area contributed by atoms with Gasteiger partial charge in [-0.05, 0) is 30.7 Å². The number of rotatable bonds is 5. The van der Waals surface area contributed by atoms with E-state index in [0.29, 0.717) is 16.8 Å². The molecule has 0 amide bonds. The lowest BCUT2D eigenvalue weighted by Gasteiger charge is -2.14. The topological polar surface area (TPSA) is 68.8 Å². The summed E-state index contributed by atoms with van der Waals surface area (Å²) in [6.07, 6.45) is 2.55. The Balaban J connectivity index is 1.65. The second kappa shape index (κ2) is 7.32. The van der Waals surface area contributed by atoms with E-state index in [9.17, 15) is 9.90 Å². The molecule has 0 fully saturated rings. The van der Waals surface area contributed by atoms with Crippen LogP contribution >= 0.6 is 0 Å². The molecule has 1 atom stereocenters. The molecule has 142 valence electrons. The molecule has 0 spiro atoms. The number of aliphatic hydroxyl groups excluding tert-OH is 1. The summed E-state index contributed by atoms with van der Waals surface area (Å²) in [6.45, 7) is 2.17. The van der Waals surface area contributed by atoms with Gasteiger partial charge in [0, 0.05) is 18.0 Å². The van der Waals surface area contributed by atoms with E-state index in [-0.39, 0.29) is 12.1 Å². The molecule has 2 aromatic carbocycles. The van der Waals surface area contributed by atoms with Crippen molar-refractivity contribution in [3.8, 4) is 17.0 Å². The zero-order valence-corrected chi connectivity index (χ0v) is 15.7. The summed E-state index contributed by atoms with van der Waals surface area (Å²) in [5, 5.41) is 15.1. The molecule has 0 saturated heterocycles. The number of methoxy groups -OCH3 is 1. The van der Waals surface area contributed by atoms with E-state index in [1.807, 2.05) is 49.4 Å². The number of fused-ring (bicyclic) bond motifs is 1. The summed E-state index contributed by atoms with van der Waals surface area (Å²) in [5.41, 5.74) is 3.83. The third kappa shape index (κ3) is 3.42. The fraction of sp³-hybridized carbons (Fsp3) is 0.182. The summed E-state index contributed by atoms with van der Waals surface area (Å²) >= 11 is 0. The highest BCUT2D eigenvalue weighted by Crippen LogP contribution is 2.21. The molecule has 2 aromatic heterocycles. The van der Waals surface area contributed by atoms with E-state index in [4.69, 9.17) is 4.74 Å². The van der Waals surface area contributed by atoms with Crippen LogP contribution in [0.15, 0.2) is 71.8 Å². The molecular formula is C22H21N3O3. The Labute approximate surface area is 162 Å². The van der Waals surface area contributed by atoms with Crippen molar-refractivity contribution in [1.29, 1.82) is 0 Å². The number of hydrogen-bond donors (Lipinski definition) is 1. The van der Waals surface area contributed by atoms with Gasteiger partial charge in [0.05, 0.1) is 25.5 Å². The van der Waals surface area contributed by atoms with E-state index in [1.54, 1.807) is 36.2 Å². The van der Waals surface area contributed by atoms with Crippen molar-refractivity contribution in [3.05, 3.63) is 88.5 Å². The van der Waals surface area contributed by atoms with Gasteiger partial charge in [-0.3, -0.25) is 4.79 Å². The Morgan fingerprint density at radius 3 is 2.64 bits per heavy atom. The van der Waals surface area contributed by atoms with Gasteiger partial charge in [-0.25, -0.2) is 4.52 Å². The quantitative estimate of drug-likeness (QED) is 0.582. The maximum atomic E-state index is 12.9. The Bertz CT molecular complexity index is 1180. The van der Waals surface area contributed by atoms with Crippen molar-refractivity contribution >= 4 is 5.52 Å². The van der Waals surface area contributed by atoms with E-state index >= 15 is 0 Å². The van der Waals surface area contributed by atoms with Crippen molar-refractivity contribution in [2.24, 2.45) is 0 Å². The molecule has 1 N–H and O–H groups in total. The van der Waals surface area contributed by atoms with Crippen LogP contribution in [0.1, 0.15) is 17.2 Å². The summed E-state index contributed by atoms with van der Waals surface area (Å²) in [7, 11) is 1.58. The first kappa shape index (κ1) is 18.0. The van der Waals surface area contributed by atoms with E-state index in [2.05, 4.69) is 5.10 Å². The van der Waals surface area contributed by atoms with Crippen LogP contribution < -0.4 is 10.3 Å². The predicted molar refractivity (Wildman–Crippen MR) is 108 cm³/mol. The third-order valence-corrected chi connectivity index (χ3v) is 4.80. The van der Waals surface area contributed by atoms with E-state index in [1.165, 1.54) is 10.1 Å². The van der Waals surface area contributed by atoms with Crippen LogP contribution in [-0.2, 0) is 6.54 Å². The largest absolute Gasteiger partial charge is 0.497 e. The van der Waals surface area contributed by atoms with Crippen LogP contribution in [0.2, 0.25) is 0 Å². The number of aromatic nitrogens is 3. The van der Waals surface area contributed by atoms with Gasteiger partial charge in [0.2, 0.25) is 0 Å². The molecule has 0 aliphatic heterocycles. The van der Waals surface area contributed by atoms with Crippen LogP contribution in [0.25, 0.3) is 16.8 Å². The minimum absolute atomic E-state index is 0.146. The van der Waals surface area contributed by atoms with Crippen LogP contribution in [0.3, 0.4) is 0 Å². The predicted octanol–water partition coefficient (Wildman–Crippen LogP) is 3.21. The highest BCUT2D eigenvalue weighted by molar-refractivity contribution is 5.65. The second-order valence-corrected chi connectivity index (χ2v) is 6.77. The molecule has 0 saturated carbocycles. The third-order valence-electron chi connectivity index (χ3n) is 4.80. The summed E-state index contributed by atoms with van der Waals surface area (Å²) in [5.74, 6) is 0.665. The number of hydrogen-bond acceptors (Lipinski definition) is 4. The number of benzene rings is 2. The highest BCUT2D eigenvalue weighted by Gasteiger charge is 2.13. The van der Waals surface area contributed by atoms with Gasteiger partial charge in [0.25, 0.3) is 5.56 Å². The maximum absolute atomic E-state index is 12.9. The van der Waals surface area contributed by atoms with Gasteiger partial charge in [0.1, 0.15) is 11.3 Å². The minimum Gasteiger partial charge on any atom is -0.497 e. The molecule has 1 unspecified atom stereocenters. The lowest BCUT2D eigenvalue weighted by molar-refractivity contribution is 0.155. The zero-order valence-electron chi connectivity index (χ0n) is 15.7. The number of nitrogens with zero attached hydrogens (tertiary/aromatic N) is 3.